The van der Waals surface area contributed by atoms with Gasteiger partial charge in [0, 0.05) is 29.8 Å². The zero-order chi connectivity index (χ0) is 29.2. The molecule has 0 heterocycles. The number of hydrazone groups is 1. The number of carbonyl (C=O) groups excluding carboxylic acids is 3. The lowest BCUT2D eigenvalue weighted by atomic mass is 10.1. The topological polar surface area (TPSA) is 100 Å². The van der Waals surface area contributed by atoms with Gasteiger partial charge < -0.3 is 15.0 Å². The molecule has 9 heteroatoms. The van der Waals surface area contributed by atoms with Crippen LogP contribution >= 0.6 is 15.9 Å². The molecule has 2 amide bonds. The van der Waals surface area contributed by atoms with Crippen molar-refractivity contribution in [1.29, 1.82) is 0 Å². The molecule has 0 aliphatic heterocycles. The van der Waals surface area contributed by atoms with E-state index in [9.17, 15) is 14.4 Å². The van der Waals surface area contributed by atoms with Gasteiger partial charge in [-0.05, 0) is 83.9 Å². The van der Waals surface area contributed by atoms with Crippen LogP contribution in [0.2, 0.25) is 0 Å². The maximum Gasteiger partial charge on any atom is 0.343 e. The number of rotatable bonds is 9. The summed E-state index contributed by atoms with van der Waals surface area (Å²) in [6, 6.07) is 29.7. The molecule has 0 saturated carbocycles. The van der Waals surface area contributed by atoms with Crippen LogP contribution < -0.4 is 20.4 Å². The second-order valence-electron chi connectivity index (χ2n) is 9.03. The van der Waals surface area contributed by atoms with Gasteiger partial charge in [0.2, 0.25) is 0 Å². The first kappa shape index (κ1) is 29.0. The van der Waals surface area contributed by atoms with Crippen LogP contribution in [0.5, 0.6) is 5.75 Å². The normalized spacial score (nSPS) is 11.1. The molecule has 8 nitrogen and oxygen atoms in total. The van der Waals surface area contributed by atoms with Gasteiger partial charge in [0.1, 0.15) is 11.4 Å². The molecule has 0 atom stereocenters. The summed E-state index contributed by atoms with van der Waals surface area (Å²) in [7, 11) is 3.87. The fraction of sp³-hybridized carbons (Fsp3) is 0.0625. The molecule has 0 aliphatic carbocycles. The zero-order valence-electron chi connectivity index (χ0n) is 22.4. The lowest BCUT2D eigenvalue weighted by molar-refractivity contribution is -0.117. The summed E-state index contributed by atoms with van der Waals surface area (Å²) in [5.74, 6) is -1.13. The average Bonchev–Trinajstić information content (AvgIpc) is 2.98. The van der Waals surface area contributed by atoms with Gasteiger partial charge in [0.05, 0.1) is 11.8 Å². The first-order chi connectivity index (χ1) is 19.8. The van der Waals surface area contributed by atoms with Gasteiger partial charge >= 0.3 is 5.97 Å². The Morgan fingerprint density at radius 2 is 1.46 bits per heavy atom. The number of halogens is 1. The van der Waals surface area contributed by atoms with E-state index < -0.39 is 17.8 Å². The van der Waals surface area contributed by atoms with Crippen LogP contribution in [-0.4, -0.2) is 38.1 Å². The molecule has 41 heavy (non-hydrogen) atoms. The smallest absolute Gasteiger partial charge is 0.343 e. The third-order valence-electron chi connectivity index (χ3n) is 5.78. The Balaban J connectivity index is 1.43. The summed E-state index contributed by atoms with van der Waals surface area (Å²) in [4.78, 5) is 40.1. The number of carbonyl (C=O) groups is 3. The number of esters is 1. The van der Waals surface area contributed by atoms with Crippen molar-refractivity contribution in [2.24, 2.45) is 5.10 Å². The highest BCUT2D eigenvalue weighted by Gasteiger charge is 2.14. The van der Waals surface area contributed by atoms with E-state index in [0.29, 0.717) is 22.4 Å². The van der Waals surface area contributed by atoms with Gasteiger partial charge in [0.15, 0.2) is 0 Å². The van der Waals surface area contributed by atoms with Crippen LogP contribution in [0, 0.1) is 0 Å². The Kier molecular flexibility index (Phi) is 9.80. The fourth-order valence-electron chi connectivity index (χ4n) is 3.61. The molecular weight excluding hydrogens is 584 g/mol. The minimum absolute atomic E-state index is 0.0309. The van der Waals surface area contributed by atoms with Crippen molar-refractivity contribution in [3.63, 3.8) is 0 Å². The SMILES string of the molecule is CN(C)c1ccc(C=C(NC(=O)c2ccccc2)C(=O)NN=Cc2ccc(OC(=O)c3cccc(Br)c3)cc2)cc1. The Morgan fingerprint density at radius 1 is 0.805 bits per heavy atom. The lowest BCUT2D eigenvalue weighted by Gasteiger charge is -2.12. The number of hydrogen-bond acceptors (Lipinski definition) is 6. The zero-order valence-corrected chi connectivity index (χ0v) is 24.0. The third-order valence-corrected chi connectivity index (χ3v) is 6.27. The summed E-state index contributed by atoms with van der Waals surface area (Å²) >= 11 is 3.34. The second-order valence-corrected chi connectivity index (χ2v) is 9.95. The standard InChI is InChI=1S/C32H27BrN4O4/c1-37(2)27-15-11-22(12-16-27)19-29(35-30(38)24-7-4-3-5-8-24)31(39)36-34-21-23-13-17-28(18-14-23)41-32(40)25-9-6-10-26(33)20-25/h3-21H,1-2H3,(H,35,38)(H,36,39). The van der Waals surface area contributed by atoms with Gasteiger partial charge in [-0.25, -0.2) is 10.2 Å². The van der Waals surface area contributed by atoms with Gasteiger partial charge in [-0.2, -0.15) is 5.10 Å². The minimum atomic E-state index is -0.596. The van der Waals surface area contributed by atoms with Gasteiger partial charge in [-0.15, -0.1) is 0 Å². The Hall–Kier alpha value is -5.02. The van der Waals surface area contributed by atoms with Crippen LogP contribution in [0.4, 0.5) is 5.69 Å². The molecule has 0 radical (unpaired) electrons. The van der Waals surface area contributed by atoms with Crippen molar-refractivity contribution in [3.05, 3.63) is 136 Å². The van der Waals surface area contributed by atoms with E-state index in [-0.39, 0.29) is 5.70 Å². The number of ether oxygens (including phenoxy) is 1. The summed E-state index contributed by atoms with van der Waals surface area (Å²) in [5.41, 5.74) is 5.71. The molecule has 0 aliphatic rings. The highest BCUT2D eigenvalue weighted by atomic mass is 79.9. The van der Waals surface area contributed by atoms with Crippen molar-refractivity contribution in [2.45, 2.75) is 0 Å². The number of nitrogens with zero attached hydrogens (tertiary/aromatic N) is 2. The third kappa shape index (κ3) is 8.48. The average molecular weight is 611 g/mol. The largest absolute Gasteiger partial charge is 0.423 e. The predicted octanol–water partition coefficient (Wildman–Crippen LogP) is 5.66. The van der Waals surface area contributed by atoms with E-state index in [4.69, 9.17) is 4.74 Å². The van der Waals surface area contributed by atoms with E-state index in [0.717, 1.165) is 15.7 Å². The molecule has 4 rings (SSSR count). The Bertz CT molecular complexity index is 1580. The highest BCUT2D eigenvalue weighted by Crippen LogP contribution is 2.17. The molecule has 0 aromatic heterocycles. The van der Waals surface area contributed by atoms with Gasteiger partial charge in [-0.3, -0.25) is 9.59 Å². The number of nitrogens with one attached hydrogen (secondary N) is 2. The fourth-order valence-corrected chi connectivity index (χ4v) is 4.01. The Labute approximate surface area is 246 Å². The number of benzene rings is 4. The predicted molar refractivity (Wildman–Crippen MR) is 164 cm³/mol. The van der Waals surface area contributed by atoms with E-state index in [1.807, 2.05) is 49.3 Å². The van der Waals surface area contributed by atoms with Crippen molar-refractivity contribution in [2.75, 3.05) is 19.0 Å². The molecule has 0 spiro atoms. The minimum Gasteiger partial charge on any atom is -0.423 e. The van der Waals surface area contributed by atoms with Crippen molar-refractivity contribution in [3.8, 4) is 5.75 Å². The van der Waals surface area contributed by atoms with E-state index in [1.54, 1.807) is 78.9 Å². The molecule has 0 saturated heterocycles. The van der Waals surface area contributed by atoms with E-state index in [1.165, 1.54) is 6.21 Å². The summed E-state index contributed by atoms with van der Waals surface area (Å²) in [6.45, 7) is 0. The van der Waals surface area contributed by atoms with Gasteiger partial charge in [0.25, 0.3) is 11.8 Å². The Morgan fingerprint density at radius 3 is 2.12 bits per heavy atom. The van der Waals surface area contributed by atoms with Crippen LogP contribution in [0.25, 0.3) is 6.08 Å². The quantitative estimate of drug-likeness (QED) is 0.0838. The van der Waals surface area contributed by atoms with Crippen LogP contribution in [0.1, 0.15) is 31.8 Å². The molecular formula is C32H27BrN4O4. The highest BCUT2D eigenvalue weighted by molar-refractivity contribution is 9.10. The summed E-state index contributed by atoms with van der Waals surface area (Å²) in [5, 5.41) is 6.72. The maximum absolute atomic E-state index is 13.0. The molecule has 4 aromatic carbocycles. The maximum atomic E-state index is 13.0. The summed E-state index contributed by atoms with van der Waals surface area (Å²) in [6.07, 6.45) is 3.03. The summed E-state index contributed by atoms with van der Waals surface area (Å²) < 4.78 is 6.19. The van der Waals surface area contributed by atoms with Crippen LogP contribution in [0.15, 0.2) is 118 Å². The lowest BCUT2D eigenvalue weighted by Crippen LogP contribution is -2.32. The molecule has 0 bridgehead atoms. The monoisotopic (exact) mass is 610 g/mol. The first-order valence-electron chi connectivity index (χ1n) is 12.6. The van der Waals surface area contributed by atoms with Crippen LogP contribution in [0.3, 0.4) is 0 Å². The first-order valence-corrected chi connectivity index (χ1v) is 13.3. The molecule has 2 N–H and O–H groups in total. The number of hydrogen-bond donors (Lipinski definition) is 2. The van der Waals surface area contributed by atoms with E-state index in [2.05, 4.69) is 31.8 Å². The van der Waals surface area contributed by atoms with Crippen LogP contribution in [-0.2, 0) is 4.79 Å². The number of anilines is 1. The molecule has 0 unspecified atom stereocenters. The van der Waals surface area contributed by atoms with Crippen molar-refractivity contribution in [1.82, 2.24) is 10.7 Å². The molecule has 0 fully saturated rings. The molecule has 4 aromatic rings. The van der Waals surface area contributed by atoms with Gasteiger partial charge in [-0.1, -0.05) is 52.3 Å². The second kappa shape index (κ2) is 13.9. The van der Waals surface area contributed by atoms with Crippen molar-refractivity contribution < 1.29 is 19.1 Å². The van der Waals surface area contributed by atoms with Crippen molar-refractivity contribution >= 4 is 51.7 Å². The molecule has 206 valence electrons. The number of amides is 2. The van der Waals surface area contributed by atoms with E-state index >= 15 is 0 Å².